The molecule has 0 amide bonds. The summed E-state index contributed by atoms with van der Waals surface area (Å²) in [6.07, 6.45) is 0. The Morgan fingerprint density at radius 1 is 1.28 bits per heavy atom. The normalized spacial score (nSPS) is 11.7. The van der Waals surface area contributed by atoms with Crippen molar-refractivity contribution >= 4 is 35.6 Å². The first-order valence-electron chi connectivity index (χ1n) is 5.96. The van der Waals surface area contributed by atoms with Gasteiger partial charge in [-0.25, -0.2) is 0 Å². The summed E-state index contributed by atoms with van der Waals surface area (Å²) >= 11 is 9.51. The zero-order valence-electron chi connectivity index (χ0n) is 11.3. The Morgan fingerprint density at radius 3 is 2.56 bits per heavy atom. The van der Waals surface area contributed by atoms with Crippen LogP contribution < -0.4 is 4.74 Å². The summed E-state index contributed by atoms with van der Waals surface area (Å²) in [7, 11) is -1.03. The fourth-order valence-corrected chi connectivity index (χ4v) is 2.73. The van der Waals surface area contributed by atoms with Gasteiger partial charge in [0.1, 0.15) is 5.75 Å². The molecular formula is C13H20BrClO2Si. The standard InChI is InChI=1S/C13H20BrClO2Si/c1-10-7-13(12(15)8-11(10)14)17-9-16-5-6-18(2,3)4/h7-8H,5-6,9H2,1-4H3. The third-order valence-electron chi connectivity index (χ3n) is 2.51. The van der Waals surface area contributed by atoms with E-state index in [1.165, 1.54) is 0 Å². The molecule has 0 aliphatic heterocycles. The number of rotatable bonds is 6. The van der Waals surface area contributed by atoms with E-state index in [-0.39, 0.29) is 6.79 Å². The van der Waals surface area contributed by atoms with Gasteiger partial charge in [0.15, 0.2) is 6.79 Å². The monoisotopic (exact) mass is 350 g/mol. The fraction of sp³-hybridized carbons (Fsp3) is 0.538. The van der Waals surface area contributed by atoms with Gasteiger partial charge in [0, 0.05) is 19.2 Å². The van der Waals surface area contributed by atoms with Crippen molar-refractivity contribution in [3.63, 3.8) is 0 Å². The van der Waals surface area contributed by atoms with Crippen molar-refractivity contribution in [1.82, 2.24) is 0 Å². The van der Waals surface area contributed by atoms with E-state index in [1.54, 1.807) is 0 Å². The van der Waals surface area contributed by atoms with Crippen LogP contribution in [0.15, 0.2) is 16.6 Å². The van der Waals surface area contributed by atoms with Gasteiger partial charge in [-0.3, -0.25) is 0 Å². The first kappa shape index (κ1) is 16.0. The van der Waals surface area contributed by atoms with E-state index >= 15 is 0 Å². The van der Waals surface area contributed by atoms with Gasteiger partial charge >= 0.3 is 0 Å². The van der Waals surface area contributed by atoms with E-state index in [0.29, 0.717) is 10.8 Å². The Hall–Kier alpha value is -0.0331. The molecule has 0 radical (unpaired) electrons. The van der Waals surface area contributed by atoms with Crippen molar-refractivity contribution in [2.75, 3.05) is 13.4 Å². The highest BCUT2D eigenvalue weighted by Gasteiger charge is 2.12. The number of hydrogen-bond acceptors (Lipinski definition) is 2. The van der Waals surface area contributed by atoms with Gasteiger partial charge in [0.25, 0.3) is 0 Å². The summed E-state index contributed by atoms with van der Waals surface area (Å²) in [5.74, 6) is 0.672. The molecule has 5 heteroatoms. The van der Waals surface area contributed by atoms with Crippen LogP contribution >= 0.6 is 27.5 Å². The van der Waals surface area contributed by atoms with Gasteiger partial charge in [-0.05, 0) is 30.7 Å². The lowest BCUT2D eigenvalue weighted by atomic mass is 10.2. The van der Waals surface area contributed by atoms with Gasteiger partial charge in [-0.2, -0.15) is 0 Å². The summed E-state index contributed by atoms with van der Waals surface area (Å²) in [5.41, 5.74) is 1.09. The van der Waals surface area contributed by atoms with Crippen molar-refractivity contribution in [3.05, 3.63) is 27.2 Å². The molecule has 102 valence electrons. The van der Waals surface area contributed by atoms with E-state index in [0.717, 1.165) is 22.7 Å². The Morgan fingerprint density at radius 2 is 1.94 bits per heavy atom. The molecule has 0 saturated carbocycles. The maximum absolute atomic E-state index is 6.08. The lowest BCUT2D eigenvalue weighted by Gasteiger charge is -2.16. The Bertz CT molecular complexity index is 405. The zero-order valence-corrected chi connectivity index (χ0v) is 14.7. The van der Waals surface area contributed by atoms with Gasteiger partial charge < -0.3 is 9.47 Å². The lowest BCUT2D eigenvalue weighted by molar-refractivity contribution is 0.0221. The molecule has 0 aliphatic rings. The van der Waals surface area contributed by atoms with E-state index in [9.17, 15) is 0 Å². The largest absolute Gasteiger partial charge is 0.466 e. The van der Waals surface area contributed by atoms with E-state index in [1.807, 2.05) is 19.1 Å². The number of hydrogen-bond donors (Lipinski definition) is 0. The molecule has 0 unspecified atom stereocenters. The average Bonchev–Trinajstić information content (AvgIpc) is 2.23. The van der Waals surface area contributed by atoms with Crippen molar-refractivity contribution in [3.8, 4) is 5.75 Å². The van der Waals surface area contributed by atoms with Gasteiger partial charge in [-0.15, -0.1) is 0 Å². The molecule has 0 spiro atoms. The van der Waals surface area contributed by atoms with Crippen LogP contribution in [0.2, 0.25) is 30.7 Å². The van der Waals surface area contributed by atoms with E-state index in [2.05, 4.69) is 35.6 Å². The van der Waals surface area contributed by atoms with Crippen molar-refractivity contribution < 1.29 is 9.47 Å². The second kappa shape index (κ2) is 6.94. The Kier molecular flexibility index (Phi) is 6.18. The van der Waals surface area contributed by atoms with Crippen LogP contribution in [0.25, 0.3) is 0 Å². The van der Waals surface area contributed by atoms with Crippen LogP contribution in [0.5, 0.6) is 5.75 Å². The third kappa shape index (κ3) is 5.74. The molecule has 0 fully saturated rings. The highest BCUT2D eigenvalue weighted by molar-refractivity contribution is 9.10. The minimum Gasteiger partial charge on any atom is -0.466 e. The second-order valence-corrected chi connectivity index (χ2v) is 12.4. The van der Waals surface area contributed by atoms with Crippen LogP contribution in [0.3, 0.4) is 0 Å². The summed E-state index contributed by atoms with van der Waals surface area (Å²) in [6, 6.07) is 4.89. The smallest absolute Gasteiger partial charge is 0.189 e. The molecule has 0 saturated heterocycles. The fourth-order valence-electron chi connectivity index (χ4n) is 1.28. The molecule has 0 bridgehead atoms. The van der Waals surface area contributed by atoms with Crippen LogP contribution in [-0.2, 0) is 4.74 Å². The maximum atomic E-state index is 6.08. The summed E-state index contributed by atoms with van der Waals surface area (Å²) in [5, 5.41) is 0.598. The molecule has 0 N–H and O–H groups in total. The molecule has 1 rings (SSSR count). The highest BCUT2D eigenvalue weighted by Crippen LogP contribution is 2.30. The number of benzene rings is 1. The second-order valence-electron chi connectivity index (χ2n) is 5.51. The van der Waals surface area contributed by atoms with Crippen molar-refractivity contribution in [1.29, 1.82) is 0 Å². The summed E-state index contributed by atoms with van der Waals surface area (Å²) < 4.78 is 12.0. The topological polar surface area (TPSA) is 18.5 Å². The lowest BCUT2D eigenvalue weighted by Crippen LogP contribution is -2.22. The molecule has 0 aliphatic carbocycles. The predicted molar refractivity (Wildman–Crippen MR) is 83.5 cm³/mol. The van der Waals surface area contributed by atoms with Crippen LogP contribution in [0, 0.1) is 6.92 Å². The first-order chi connectivity index (χ1) is 8.29. The highest BCUT2D eigenvalue weighted by atomic mass is 79.9. The summed E-state index contributed by atoms with van der Waals surface area (Å²) in [4.78, 5) is 0. The Balaban J connectivity index is 2.38. The average molecular weight is 352 g/mol. The zero-order chi connectivity index (χ0) is 13.8. The number of halogens is 2. The van der Waals surface area contributed by atoms with Gasteiger partial charge in [0.2, 0.25) is 0 Å². The maximum Gasteiger partial charge on any atom is 0.189 e. The molecule has 0 aromatic heterocycles. The van der Waals surface area contributed by atoms with Crippen molar-refractivity contribution in [2.24, 2.45) is 0 Å². The minimum atomic E-state index is -1.03. The van der Waals surface area contributed by atoms with Gasteiger partial charge in [-0.1, -0.05) is 47.2 Å². The van der Waals surface area contributed by atoms with E-state index < -0.39 is 8.07 Å². The molecule has 2 nitrogen and oxygen atoms in total. The molecule has 1 aromatic rings. The first-order valence-corrected chi connectivity index (χ1v) is 10.8. The number of aryl methyl sites for hydroxylation is 1. The van der Waals surface area contributed by atoms with Gasteiger partial charge in [0.05, 0.1) is 5.02 Å². The molecule has 0 atom stereocenters. The number of ether oxygens (including phenoxy) is 2. The third-order valence-corrected chi connectivity index (χ3v) is 5.36. The quantitative estimate of drug-likeness (QED) is 0.403. The Labute approximate surface area is 124 Å². The SMILES string of the molecule is Cc1cc(OCOCC[Si](C)(C)C)c(Cl)cc1Br. The van der Waals surface area contributed by atoms with Crippen LogP contribution in [0.4, 0.5) is 0 Å². The van der Waals surface area contributed by atoms with Crippen molar-refractivity contribution in [2.45, 2.75) is 32.6 Å². The predicted octanol–water partition coefficient (Wildman–Crippen LogP) is 5.10. The summed E-state index contributed by atoms with van der Waals surface area (Å²) in [6.45, 7) is 9.98. The van der Waals surface area contributed by atoms with E-state index in [4.69, 9.17) is 21.1 Å². The molecule has 0 heterocycles. The minimum absolute atomic E-state index is 0.255. The molecular weight excluding hydrogens is 332 g/mol. The molecule has 18 heavy (non-hydrogen) atoms. The van der Waals surface area contributed by atoms with Crippen LogP contribution in [0.1, 0.15) is 5.56 Å². The molecule has 1 aromatic carbocycles. The van der Waals surface area contributed by atoms with Crippen LogP contribution in [-0.4, -0.2) is 21.5 Å².